The second-order valence-electron chi connectivity index (χ2n) is 5.50. The molecule has 5 nitrogen and oxygen atoms in total. The zero-order chi connectivity index (χ0) is 16.0. The molecule has 0 heterocycles. The summed E-state index contributed by atoms with van der Waals surface area (Å²) in [5, 5.41) is 8.96. The molecule has 5 heteroatoms. The van der Waals surface area contributed by atoms with E-state index in [4.69, 9.17) is 9.84 Å². The van der Waals surface area contributed by atoms with Crippen molar-refractivity contribution in [3.8, 4) is 5.75 Å². The molecule has 116 valence electrons. The number of hydrogen-bond donors (Lipinski definition) is 1. The van der Waals surface area contributed by atoms with Gasteiger partial charge in [0.2, 0.25) is 5.91 Å². The van der Waals surface area contributed by atoms with Crippen LogP contribution in [0, 0.1) is 5.92 Å². The number of rotatable bonds is 7. The van der Waals surface area contributed by atoms with Crippen molar-refractivity contribution in [3.05, 3.63) is 29.8 Å². The maximum atomic E-state index is 12.5. The van der Waals surface area contributed by atoms with Crippen LogP contribution in [-0.4, -0.2) is 42.1 Å². The van der Waals surface area contributed by atoms with Crippen LogP contribution in [0.4, 0.5) is 0 Å². The van der Waals surface area contributed by atoms with Gasteiger partial charge in [0.25, 0.3) is 0 Å². The molecule has 1 unspecified atom stereocenters. The van der Waals surface area contributed by atoms with Gasteiger partial charge < -0.3 is 14.7 Å². The maximum absolute atomic E-state index is 12.5. The van der Waals surface area contributed by atoms with Crippen LogP contribution in [0.2, 0.25) is 0 Å². The van der Waals surface area contributed by atoms with Crippen LogP contribution >= 0.6 is 0 Å². The van der Waals surface area contributed by atoms with Crippen LogP contribution in [0.5, 0.6) is 5.75 Å². The first kappa shape index (κ1) is 17.0. The van der Waals surface area contributed by atoms with Crippen LogP contribution in [0.25, 0.3) is 0 Å². The first-order chi connectivity index (χ1) is 9.85. The third kappa shape index (κ3) is 5.10. The summed E-state index contributed by atoms with van der Waals surface area (Å²) >= 11 is 0. The number of nitrogens with zero attached hydrogens (tertiary/aromatic N) is 1. The molecule has 1 amide bonds. The van der Waals surface area contributed by atoms with E-state index in [2.05, 4.69) is 0 Å². The van der Waals surface area contributed by atoms with Crippen molar-refractivity contribution in [1.29, 1.82) is 0 Å². The molecule has 0 aromatic heterocycles. The van der Waals surface area contributed by atoms with E-state index in [1.54, 1.807) is 26.2 Å². The maximum Gasteiger partial charge on any atom is 0.323 e. The summed E-state index contributed by atoms with van der Waals surface area (Å²) < 4.78 is 5.09. The number of methoxy groups -OCH3 is 1. The van der Waals surface area contributed by atoms with Crippen molar-refractivity contribution in [1.82, 2.24) is 4.90 Å². The number of aliphatic carboxylic acids is 1. The third-order valence-electron chi connectivity index (χ3n) is 3.21. The third-order valence-corrected chi connectivity index (χ3v) is 3.21. The number of carbonyl (C=O) groups excluding carboxylic acids is 1. The Morgan fingerprint density at radius 2 is 1.76 bits per heavy atom. The normalized spacial score (nSPS) is 12.0. The van der Waals surface area contributed by atoms with Gasteiger partial charge in [0, 0.05) is 6.54 Å². The SMILES string of the molecule is COc1ccc(C(C)C(=O)N(CC(=O)O)CC(C)C)cc1. The first-order valence-electron chi connectivity index (χ1n) is 6.99. The van der Waals surface area contributed by atoms with Crippen LogP contribution in [0.15, 0.2) is 24.3 Å². The van der Waals surface area contributed by atoms with Crippen LogP contribution in [0.3, 0.4) is 0 Å². The van der Waals surface area contributed by atoms with E-state index in [-0.39, 0.29) is 24.3 Å². The fraction of sp³-hybridized carbons (Fsp3) is 0.500. The Morgan fingerprint density at radius 3 is 2.19 bits per heavy atom. The minimum Gasteiger partial charge on any atom is -0.497 e. The van der Waals surface area contributed by atoms with E-state index in [9.17, 15) is 9.59 Å². The van der Waals surface area contributed by atoms with Crippen molar-refractivity contribution >= 4 is 11.9 Å². The number of carboxylic acids is 1. The summed E-state index contributed by atoms with van der Waals surface area (Å²) in [7, 11) is 1.58. The molecule has 0 aliphatic heterocycles. The van der Waals surface area contributed by atoms with Crippen LogP contribution < -0.4 is 4.74 Å². The monoisotopic (exact) mass is 293 g/mol. The van der Waals surface area contributed by atoms with Gasteiger partial charge in [0.1, 0.15) is 12.3 Å². The van der Waals surface area contributed by atoms with Gasteiger partial charge in [0.15, 0.2) is 0 Å². The predicted octanol–water partition coefficient (Wildman–Crippen LogP) is 2.37. The molecule has 0 radical (unpaired) electrons. The Hall–Kier alpha value is -2.04. The van der Waals surface area contributed by atoms with E-state index in [1.165, 1.54) is 4.90 Å². The molecule has 1 atom stereocenters. The van der Waals surface area contributed by atoms with Gasteiger partial charge in [-0.3, -0.25) is 9.59 Å². The molecule has 21 heavy (non-hydrogen) atoms. The Morgan fingerprint density at radius 1 is 1.19 bits per heavy atom. The molecule has 0 bridgehead atoms. The number of benzene rings is 1. The van der Waals surface area contributed by atoms with E-state index in [0.717, 1.165) is 11.3 Å². The molecular formula is C16H23NO4. The van der Waals surface area contributed by atoms with Gasteiger partial charge in [0.05, 0.1) is 13.0 Å². The predicted molar refractivity (Wildman–Crippen MR) is 80.5 cm³/mol. The van der Waals surface area contributed by atoms with E-state index < -0.39 is 5.97 Å². The number of hydrogen-bond acceptors (Lipinski definition) is 3. The summed E-state index contributed by atoms with van der Waals surface area (Å²) in [6.45, 7) is 5.88. The molecule has 1 aromatic carbocycles. The Kier molecular flexibility index (Phi) is 6.21. The number of carboxylic acid groups (broad SMARTS) is 1. The summed E-state index contributed by atoms with van der Waals surface area (Å²) in [5.74, 6) is -0.601. The Bertz CT molecular complexity index is 482. The smallest absolute Gasteiger partial charge is 0.323 e. The lowest BCUT2D eigenvalue weighted by Crippen LogP contribution is -2.40. The fourth-order valence-electron chi connectivity index (χ4n) is 2.15. The van der Waals surface area contributed by atoms with Gasteiger partial charge in [-0.15, -0.1) is 0 Å². The zero-order valence-corrected chi connectivity index (χ0v) is 13.0. The standard InChI is InChI=1S/C16H23NO4/c1-11(2)9-17(10-15(18)19)16(20)12(3)13-5-7-14(21-4)8-6-13/h5-8,11-12H,9-10H2,1-4H3,(H,18,19). The quantitative estimate of drug-likeness (QED) is 0.838. The summed E-state index contributed by atoms with van der Waals surface area (Å²) in [5.41, 5.74) is 0.847. The molecule has 0 aliphatic carbocycles. The lowest BCUT2D eigenvalue weighted by molar-refractivity contribution is -0.145. The van der Waals surface area contributed by atoms with Crippen molar-refractivity contribution in [2.24, 2.45) is 5.92 Å². The largest absolute Gasteiger partial charge is 0.497 e. The van der Waals surface area contributed by atoms with Gasteiger partial charge in [-0.2, -0.15) is 0 Å². The van der Waals surface area contributed by atoms with Gasteiger partial charge in [-0.05, 0) is 30.5 Å². The summed E-state index contributed by atoms with van der Waals surface area (Å²) in [6.07, 6.45) is 0. The highest BCUT2D eigenvalue weighted by Crippen LogP contribution is 2.21. The summed E-state index contributed by atoms with van der Waals surface area (Å²) in [4.78, 5) is 24.8. The molecule has 0 saturated carbocycles. The highest BCUT2D eigenvalue weighted by molar-refractivity contribution is 5.86. The molecule has 0 spiro atoms. The van der Waals surface area contributed by atoms with E-state index >= 15 is 0 Å². The molecule has 0 saturated heterocycles. The highest BCUT2D eigenvalue weighted by Gasteiger charge is 2.24. The Balaban J connectivity index is 2.87. The second kappa shape index (κ2) is 7.67. The average molecular weight is 293 g/mol. The van der Waals surface area contributed by atoms with E-state index in [0.29, 0.717) is 6.54 Å². The number of amides is 1. The first-order valence-corrected chi connectivity index (χ1v) is 6.99. The topological polar surface area (TPSA) is 66.8 Å². The summed E-state index contributed by atoms with van der Waals surface area (Å²) in [6, 6.07) is 7.25. The molecule has 0 fully saturated rings. The van der Waals surface area contributed by atoms with Crippen molar-refractivity contribution < 1.29 is 19.4 Å². The minimum atomic E-state index is -0.995. The molecule has 1 aromatic rings. The van der Waals surface area contributed by atoms with Crippen LogP contribution in [-0.2, 0) is 9.59 Å². The van der Waals surface area contributed by atoms with E-state index in [1.807, 2.05) is 26.0 Å². The highest BCUT2D eigenvalue weighted by atomic mass is 16.5. The van der Waals surface area contributed by atoms with Gasteiger partial charge >= 0.3 is 5.97 Å². The number of ether oxygens (including phenoxy) is 1. The van der Waals surface area contributed by atoms with Crippen LogP contribution in [0.1, 0.15) is 32.3 Å². The van der Waals surface area contributed by atoms with Crippen molar-refractivity contribution in [2.45, 2.75) is 26.7 Å². The Labute approximate surface area is 125 Å². The van der Waals surface area contributed by atoms with Crippen molar-refractivity contribution in [2.75, 3.05) is 20.2 Å². The van der Waals surface area contributed by atoms with Gasteiger partial charge in [-0.25, -0.2) is 0 Å². The minimum absolute atomic E-state index is 0.170. The molecule has 1 N–H and O–H groups in total. The van der Waals surface area contributed by atoms with Crippen molar-refractivity contribution in [3.63, 3.8) is 0 Å². The fourth-order valence-corrected chi connectivity index (χ4v) is 2.15. The lowest BCUT2D eigenvalue weighted by atomic mass is 9.99. The zero-order valence-electron chi connectivity index (χ0n) is 13.0. The molecule has 0 aliphatic rings. The van der Waals surface area contributed by atoms with Gasteiger partial charge in [-0.1, -0.05) is 26.0 Å². The molecule has 1 rings (SSSR count). The average Bonchev–Trinajstić information content (AvgIpc) is 2.44. The lowest BCUT2D eigenvalue weighted by Gasteiger charge is -2.26. The molecular weight excluding hydrogens is 270 g/mol. The second-order valence-corrected chi connectivity index (χ2v) is 5.50. The number of carbonyl (C=O) groups is 2.